The molecule has 0 aliphatic rings. The molecule has 0 amide bonds. The fourth-order valence-electron chi connectivity index (χ4n) is 2.79. The Hall–Kier alpha value is 0.830. The van der Waals surface area contributed by atoms with Crippen molar-refractivity contribution >= 4 is 10.4 Å². The van der Waals surface area contributed by atoms with E-state index in [0.29, 0.717) is 19.4 Å². The summed E-state index contributed by atoms with van der Waals surface area (Å²) >= 11 is 0. The zero-order chi connectivity index (χ0) is 18.6. The molecule has 0 aromatic rings. The molecule has 0 fully saturated rings. The minimum atomic E-state index is -4.54. The number of rotatable bonds is 20. The molecular formula is C19H39NaO5S. The van der Waals surface area contributed by atoms with Crippen LogP contribution in [-0.4, -0.2) is 32.8 Å². The van der Waals surface area contributed by atoms with Gasteiger partial charge in [-0.15, -0.1) is 0 Å². The quantitative estimate of drug-likeness (QED) is 0.135. The summed E-state index contributed by atoms with van der Waals surface area (Å²) in [6.45, 7) is 3.57. The van der Waals surface area contributed by atoms with Crippen LogP contribution in [0.4, 0.5) is 0 Å². The number of hydrogen-bond acceptors (Lipinski definition) is 5. The molecule has 0 aliphatic carbocycles. The largest absolute Gasteiger partial charge is 1.00 e. The molecule has 0 aliphatic heterocycles. The molecule has 0 radical (unpaired) electrons. The van der Waals surface area contributed by atoms with Gasteiger partial charge < -0.3 is 9.29 Å². The van der Waals surface area contributed by atoms with Crippen molar-refractivity contribution in [3.8, 4) is 0 Å². The fourth-order valence-corrected chi connectivity index (χ4v) is 3.11. The van der Waals surface area contributed by atoms with E-state index >= 15 is 0 Å². The zero-order valence-electron chi connectivity index (χ0n) is 17.2. The Labute approximate surface area is 184 Å². The van der Waals surface area contributed by atoms with Gasteiger partial charge in [0.1, 0.15) is 0 Å². The Morgan fingerprint density at radius 2 is 0.962 bits per heavy atom. The SMILES string of the molecule is CCCCCCCCCCCCCCCOCCCCOS(=O)(=O)[O-].[Na+]. The van der Waals surface area contributed by atoms with Gasteiger partial charge in [-0.05, 0) is 19.3 Å². The minimum absolute atomic E-state index is 0. The van der Waals surface area contributed by atoms with Crippen molar-refractivity contribution in [2.75, 3.05) is 19.8 Å². The Kier molecular flexibility index (Phi) is 24.7. The first kappa shape index (κ1) is 29.0. The van der Waals surface area contributed by atoms with E-state index in [1.54, 1.807) is 0 Å². The van der Waals surface area contributed by atoms with Gasteiger partial charge in [0.25, 0.3) is 0 Å². The molecule has 0 N–H and O–H groups in total. The normalized spacial score (nSPS) is 11.5. The van der Waals surface area contributed by atoms with Gasteiger partial charge in [0.2, 0.25) is 10.4 Å². The van der Waals surface area contributed by atoms with Gasteiger partial charge in [-0.3, -0.25) is 4.18 Å². The van der Waals surface area contributed by atoms with Crippen LogP contribution in [0.3, 0.4) is 0 Å². The number of unbranched alkanes of at least 4 members (excludes halogenated alkanes) is 13. The van der Waals surface area contributed by atoms with E-state index in [0.717, 1.165) is 13.0 Å². The summed E-state index contributed by atoms with van der Waals surface area (Å²) in [7, 11) is -4.54. The molecule has 5 nitrogen and oxygen atoms in total. The molecule has 0 heterocycles. The van der Waals surface area contributed by atoms with Gasteiger partial charge in [-0.1, -0.05) is 84.0 Å². The minimum Gasteiger partial charge on any atom is -0.726 e. The first-order valence-electron chi connectivity index (χ1n) is 10.2. The Morgan fingerprint density at radius 3 is 1.38 bits per heavy atom. The third-order valence-electron chi connectivity index (χ3n) is 4.30. The van der Waals surface area contributed by atoms with Crippen LogP contribution >= 0.6 is 0 Å². The zero-order valence-corrected chi connectivity index (χ0v) is 20.0. The van der Waals surface area contributed by atoms with Gasteiger partial charge in [0.05, 0.1) is 6.61 Å². The Morgan fingerprint density at radius 1 is 0.615 bits per heavy atom. The van der Waals surface area contributed by atoms with Crippen LogP contribution in [0.5, 0.6) is 0 Å². The van der Waals surface area contributed by atoms with E-state index in [-0.39, 0.29) is 36.2 Å². The van der Waals surface area contributed by atoms with Crippen molar-refractivity contribution < 1.29 is 51.4 Å². The number of hydrogen-bond donors (Lipinski definition) is 0. The maximum atomic E-state index is 10.2. The van der Waals surface area contributed by atoms with E-state index in [9.17, 15) is 13.0 Å². The molecule has 0 saturated heterocycles. The third-order valence-corrected chi connectivity index (χ3v) is 4.76. The second-order valence-electron chi connectivity index (χ2n) is 6.79. The number of ether oxygens (including phenoxy) is 1. The van der Waals surface area contributed by atoms with Crippen LogP contribution in [0, 0.1) is 0 Å². The van der Waals surface area contributed by atoms with Crippen molar-refractivity contribution in [1.29, 1.82) is 0 Å². The van der Waals surface area contributed by atoms with E-state index in [1.165, 1.54) is 77.0 Å². The summed E-state index contributed by atoms with van der Waals surface area (Å²) in [4.78, 5) is 0. The molecule has 0 unspecified atom stereocenters. The summed E-state index contributed by atoms with van der Waals surface area (Å²) < 4.78 is 40.2. The fraction of sp³-hybridized carbons (Fsp3) is 1.00. The molecular weight excluding hydrogens is 363 g/mol. The molecule has 0 bridgehead atoms. The summed E-state index contributed by atoms with van der Waals surface area (Å²) in [6, 6.07) is 0. The van der Waals surface area contributed by atoms with Crippen molar-refractivity contribution in [2.24, 2.45) is 0 Å². The van der Waals surface area contributed by atoms with Gasteiger partial charge in [0, 0.05) is 13.2 Å². The molecule has 7 heteroatoms. The van der Waals surface area contributed by atoms with Crippen LogP contribution in [0.2, 0.25) is 0 Å². The van der Waals surface area contributed by atoms with Crippen molar-refractivity contribution in [1.82, 2.24) is 0 Å². The summed E-state index contributed by atoms with van der Waals surface area (Å²) in [5, 5.41) is 0. The first-order valence-corrected chi connectivity index (χ1v) is 11.6. The first-order chi connectivity index (χ1) is 12.1. The van der Waals surface area contributed by atoms with Gasteiger partial charge in [-0.2, -0.15) is 0 Å². The third kappa shape index (κ3) is 27.1. The van der Waals surface area contributed by atoms with Crippen molar-refractivity contribution in [3.63, 3.8) is 0 Å². The van der Waals surface area contributed by atoms with E-state index < -0.39 is 10.4 Å². The molecule has 0 aromatic heterocycles. The maximum Gasteiger partial charge on any atom is 1.00 e. The monoisotopic (exact) mass is 402 g/mol. The second kappa shape index (κ2) is 22.1. The summed E-state index contributed by atoms with van der Waals surface area (Å²) in [5.74, 6) is 0. The van der Waals surface area contributed by atoms with E-state index in [4.69, 9.17) is 4.74 Å². The van der Waals surface area contributed by atoms with Gasteiger partial charge >= 0.3 is 29.6 Å². The maximum absolute atomic E-state index is 10.2. The van der Waals surface area contributed by atoms with Crippen LogP contribution in [0.1, 0.15) is 103 Å². The van der Waals surface area contributed by atoms with Crippen LogP contribution in [-0.2, 0) is 19.3 Å². The van der Waals surface area contributed by atoms with Gasteiger partial charge in [-0.25, -0.2) is 8.42 Å². The second-order valence-corrected chi connectivity index (χ2v) is 7.84. The Balaban J connectivity index is 0. The van der Waals surface area contributed by atoms with Crippen LogP contribution in [0.15, 0.2) is 0 Å². The summed E-state index contributed by atoms with van der Waals surface area (Å²) in [5.41, 5.74) is 0. The van der Waals surface area contributed by atoms with Crippen molar-refractivity contribution in [2.45, 2.75) is 103 Å². The topological polar surface area (TPSA) is 75.7 Å². The molecule has 0 spiro atoms. The van der Waals surface area contributed by atoms with Gasteiger partial charge in [0.15, 0.2) is 0 Å². The smallest absolute Gasteiger partial charge is 0.726 e. The molecule has 0 aromatic carbocycles. The predicted molar refractivity (Wildman–Crippen MR) is 101 cm³/mol. The predicted octanol–water partition coefficient (Wildman–Crippen LogP) is 2.36. The molecule has 0 atom stereocenters. The molecule has 0 rings (SSSR count). The molecule has 0 saturated carbocycles. The average Bonchev–Trinajstić information content (AvgIpc) is 2.56. The molecule has 26 heavy (non-hydrogen) atoms. The van der Waals surface area contributed by atoms with Crippen molar-refractivity contribution in [3.05, 3.63) is 0 Å². The van der Waals surface area contributed by atoms with E-state index in [2.05, 4.69) is 11.1 Å². The summed E-state index contributed by atoms with van der Waals surface area (Å²) in [6.07, 6.45) is 18.7. The standard InChI is InChI=1S/C19H40O5S.Na/c1-2-3-4-5-6-7-8-9-10-11-12-13-14-17-23-18-15-16-19-24-25(20,21)22;/h2-19H2,1H3,(H,20,21,22);/q;+1/p-1. The molecule has 152 valence electrons. The van der Waals surface area contributed by atoms with Crippen LogP contribution in [0.25, 0.3) is 0 Å². The van der Waals surface area contributed by atoms with E-state index in [1.807, 2.05) is 0 Å². The van der Waals surface area contributed by atoms with Crippen LogP contribution < -0.4 is 29.6 Å². The Bertz CT molecular complexity index is 363. The average molecular weight is 403 g/mol.